The lowest BCUT2D eigenvalue weighted by atomic mass is 10.1. The first-order valence-corrected chi connectivity index (χ1v) is 9.74. The summed E-state index contributed by atoms with van der Waals surface area (Å²) in [6.45, 7) is 10.00. The van der Waals surface area contributed by atoms with Crippen molar-refractivity contribution in [1.82, 2.24) is 10.6 Å². The van der Waals surface area contributed by atoms with Crippen LogP contribution in [-0.2, 0) is 0 Å². The molecule has 1 aromatic carbocycles. The third kappa shape index (κ3) is 6.20. The van der Waals surface area contributed by atoms with Crippen molar-refractivity contribution in [2.75, 3.05) is 26.3 Å². The zero-order valence-corrected chi connectivity index (χ0v) is 17.1. The molecule has 1 aromatic heterocycles. The van der Waals surface area contributed by atoms with Crippen molar-refractivity contribution in [3.05, 3.63) is 47.9 Å². The molecule has 0 radical (unpaired) electrons. The maximum atomic E-state index is 10.2. The van der Waals surface area contributed by atoms with Crippen LogP contribution >= 0.6 is 0 Å². The van der Waals surface area contributed by atoms with E-state index in [9.17, 15) is 5.11 Å². The van der Waals surface area contributed by atoms with Gasteiger partial charge in [0.2, 0.25) is 0 Å². The molecule has 154 valence electrons. The summed E-state index contributed by atoms with van der Waals surface area (Å²) in [6.07, 6.45) is 0.756. The van der Waals surface area contributed by atoms with E-state index in [0.29, 0.717) is 31.5 Å². The number of aliphatic hydroxyl groups excluding tert-OH is 1. The van der Waals surface area contributed by atoms with Crippen molar-refractivity contribution in [3.63, 3.8) is 0 Å². The highest BCUT2D eigenvalue weighted by molar-refractivity contribution is 5.80. The van der Waals surface area contributed by atoms with Crippen LogP contribution in [0.4, 0.5) is 0 Å². The minimum Gasteiger partial charge on any atom is -0.490 e. The Labute approximate surface area is 166 Å². The molecule has 0 amide bonds. The number of guanidine groups is 1. The average Bonchev–Trinajstić information content (AvgIpc) is 3.22. The first-order valence-electron chi connectivity index (χ1n) is 9.74. The predicted molar refractivity (Wildman–Crippen MR) is 110 cm³/mol. The number of aliphatic hydroxyl groups is 1. The monoisotopic (exact) mass is 389 g/mol. The standard InChI is InChI=1S/C21H31N3O4/c1-5-22-21(23-14-17(25)18-9-8-12-28-18)24-15(4)16-10-11-19(26-6-2)20(13-16)27-7-3/h8-13,15,17,25H,5-7,14H2,1-4H3,(H2,22,23,24). The Kier molecular flexibility index (Phi) is 8.68. The number of nitrogens with one attached hydrogen (secondary N) is 2. The van der Waals surface area contributed by atoms with E-state index in [-0.39, 0.29) is 12.6 Å². The summed E-state index contributed by atoms with van der Waals surface area (Å²) in [5, 5.41) is 16.7. The molecule has 0 aliphatic heterocycles. The molecule has 2 atom stereocenters. The van der Waals surface area contributed by atoms with Crippen LogP contribution in [0.2, 0.25) is 0 Å². The molecule has 0 spiro atoms. The molecule has 0 bridgehead atoms. The fraction of sp³-hybridized carbons (Fsp3) is 0.476. The van der Waals surface area contributed by atoms with Gasteiger partial charge < -0.3 is 29.6 Å². The lowest BCUT2D eigenvalue weighted by molar-refractivity contribution is 0.158. The highest BCUT2D eigenvalue weighted by Crippen LogP contribution is 2.30. The van der Waals surface area contributed by atoms with Crippen molar-refractivity contribution in [1.29, 1.82) is 0 Å². The van der Waals surface area contributed by atoms with Gasteiger partial charge in [0.15, 0.2) is 17.5 Å². The van der Waals surface area contributed by atoms with Gasteiger partial charge in [0, 0.05) is 6.54 Å². The van der Waals surface area contributed by atoms with Gasteiger partial charge >= 0.3 is 0 Å². The van der Waals surface area contributed by atoms with Gasteiger partial charge in [-0.3, -0.25) is 4.99 Å². The summed E-state index contributed by atoms with van der Waals surface area (Å²) < 4.78 is 16.6. The van der Waals surface area contributed by atoms with Crippen LogP contribution in [0.25, 0.3) is 0 Å². The fourth-order valence-electron chi connectivity index (χ4n) is 2.69. The van der Waals surface area contributed by atoms with E-state index in [1.165, 1.54) is 6.26 Å². The van der Waals surface area contributed by atoms with E-state index >= 15 is 0 Å². The second-order valence-corrected chi connectivity index (χ2v) is 6.19. The summed E-state index contributed by atoms with van der Waals surface area (Å²) in [7, 11) is 0. The van der Waals surface area contributed by atoms with Crippen molar-refractivity contribution in [2.24, 2.45) is 4.99 Å². The number of hydrogen-bond donors (Lipinski definition) is 3. The quantitative estimate of drug-likeness (QED) is 0.426. The van der Waals surface area contributed by atoms with Gasteiger partial charge in [0.25, 0.3) is 0 Å². The van der Waals surface area contributed by atoms with Crippen LogP contribution in [0.5, 0.6) is 11.5 Å². The highest BCUT2D eigenvalue weighted by Gasteiger charge is 2.14. The number of hydrogen-bond acceptors (Lipinski definition) is 5. The van der Waals surface area contributed by atoms with E-state index in [1.54, 1.807) is 12.1 Å². The maximum absolute atomic E-state index is 10.2. The van der Waals surface area contributed by atoms with Gasteiger partial charge in [0.1, 0.15) is 11.9 Å². The molecule has 2 rings (SSSR count). The molecule has 0 aliphatic rings. The third-order valence-electron chi connectivity index (χ3n) is 4.06. The molecule has 7 nitrogen and oxygen atoms in total. The Morgan fingerprint density at radius 3 is 2.54 bits per heavy atom. The van der Waals surface area contributed by atoms with Crippen LogP contribution in [0.3, 0.4) is 0 Å². The van der Waals surface area contributed by atoms with Crippen LogP contribution < -0.4 is 20.1 Å². The molecule has 0 aliphatic carbocycles. The molecule has 2 aromatic rings. The molecule has 1 heterocycles. The van der Waals surface area contributed by atoms with Crippen LogP contribution in [-0.4, -0.2) is 37.4 Å². The summed E-state index contributed by atoms with van der Waals surface area (Å²) in [5.41, 5.74) is 1.05. The van der Waals surface area contributed by atoms with Crippen LogP contribution in [0.15, 0.2) is 46.0 Å². The lowest BCUT2D eigenvalue weighted by Crippen LogP contribution is -2.39. The Balaban J connectivity index is 2.09. The van der Waals surface area contributed by atoms with Gasteiger partial charge in [0.05, 0.1) is 32.1 Å². The topological polar surface area (TPSA) is 88.3 Å². The Morgan fingerprint density at radius 2 is 1.89 bits per heavy atom. The molecular weight excluding hydrogens is 358 g/mol. The largest absolute Gasteiger partial charge is 0.490 e. The molecule has 28 heavy (non-hydrogen) atoms. The summed E-state index contributed by atoms with van der Waals surface area (Å²) in [6, 6.07) is 9.37. The normalized spacial score (nSPS) is 13.7. The van der Waals surface area contributed by atoms with Crippen molar-refractivity contribution < 1.29 is 19.0 Å². The number of rotatable bonds is 10. The van der Waals surface area contributed by atoms with E-state index in [4.69, 9.17) is 13.9 Å². The Morgan fingerprint density at radius 1 is 1.14 bits per heavy atom. The van der Waals surface area contributed by atoms with E-state index < -0.39 is 6.10 Å². The number of nitrogens with zero attached hydrogens (tertiary/aromatic N) is 1. The smallest absolute Gasteiger partial charge is 0.191 e. The van der Waals surface area contributed by atoms with E-state index in [0.717, 1.165) is 17.1 Å². The summed E-state index contributed by atoms with van der Waals surface area (Å²) in [4.78, 5) is 4.47. The molecule has 2 unspecified atom stereocenters. The first kappa shape index (κ1) is 21.6. The second kappa shape index (κ2) is 11.2. The van der Waals surface area contributed by atoms with Crippen LogP contribution in [0, 0.1) is 0 Å². The lowest BCUT2D eigenvalue weighted by Gasteiger charge is -2.20. The van der Waals surface area contributed by atoms with Gasteiger partial charge in [-0.25, -0.2) is 0 Å². The Bertz CT molecular complexity index is 731. The highest BCUT2D eigenvalue weighted by atomic mass is 16.5. The van der Waals surface area contributed by atoms with Crippen molar-refractivity contribution in [2.45, 2.75) is 39.8 Å². The molecule has 0 saturated heterocycles. The summed E-state index contributed by atoms with van der Waals surface area (Å²) >= 11 is 0. The molecular formula is C21H31N3O4. The van der Waals surface area contributed by atoms with Gasteiger partial charge in [-0.15, -0.1) is 0 Å². The number of ether oxygens (including phenoxy) is 2. The van der Waals surface area contributed by atoms with Gasteiger partial charge in [-0.05, 0) is 57.5 Å². The zero-order valence-electron chi connectivity index (χ0n) is 17.1. The van der Waals surface area contributed by atoms with Crippen molar-refractivity contribution >= 4 is 5.96 Å². The maximum Gasteiger partial charge on any atom is 0.191 e. The average molecular weight is 389 g/mol. The molecule has 7 heteroatoms. The molecule has 0 fully saturated rings. The Hall–Kier alpha value is -2.67. The van der Waals surface area contributed by atoms with Gasteiger partial charge in [-0.2, -0.15) is 0 Å². The minimum atomic E-state index is -0.782. The SMILES string of the molecule is CCNC(=NCC(O)c1ccco1)NC(C)c1ccc(OCC)c(OCC)c1. The summed E-state index contributed by atoms with van der Waals surface area (Å²) in [5.74, 6) is 2.58. The zero-order chi connectivity index (χ0) is 20.4. The fourth-order valence-corrected chi connectivity index (χ4v) is 2.69. The predicted octanol–water partition coefficient (Wildman–Crippen LogP) is 3.43. The third-order valence-corrected chi connectivity index (χ3v) is 4.06. The van der Waals surface area contributed by atoms with E-state index in [2.05, 4.69) is 15.6 Å². The van der Waals surface area contributed by atoms with Gasteiger partial charge in [-0.1, -0.05) is 6.07 Å². The van der Waals surface area contributed by atoms with Crippen molar-refractivity contribution in [3.8, 4) is 11.5 Å². The molecule has 3 N–H and O–H groups in total. The number of benzene rings is 1. The van der Waals surface area contributed by atoms with Crippen LogP contribution in [0.1, 0.15) is 51.2 Å². The number of aliphatic imine (C=N–C) groups is 1. The molecule has 0 saturated carbocycles. The second-order valence-electron chi connectivity index (χ2n) is 6.19. The number of furan rings is 1. The minimum absolute atomic E-state index is 0.0200. The van der Waals surface area contributed by atoms with E-state index in [1.807, 2.05) is 45.9 Å². The first-order chi connectivity index (χ1) is 13.6.